The summed E-state index contributed by atoms with van der Waals surface area (Å²) in [5, 5.41) is 10.5. The molecule has 0 aliphatic carbocycles. The smallest absolute Gasteiger partial charge is 0.239 e. The SMILES string of the molecule is CCCN(CC(=O)NC)c1cc2[nH]ncc2cc1N. The fourth-order valence-electron chi connectivity index (χ4n) is 2.08. The molecule has 2 rings (SSSR count). The second kappa shape index (κ2) is 5.60. The molecule has 0 saturated carbocycles. The first-order valence-electron chi connectivity index (χ1n) is 6.33. The van der Waals surface area contributed by atoms with Crippen LogP contribution in [0.3, 0.4) is 0 Å². The van der Waals surface area contributed by atoms with Crippen LogP contribution in [0, 0.1) is 0 Å². The van der Waals surface area contributed by atoms with Gasteiger partial charge in [-0.25, -0.2) is 0 Å². The molecule has 0 spiro atoms. The molecule has 1 amide bonds. The highest BCUT2D eigenvalue weighted by Crippen LogP contribution is 2.28. The molecule has 6 heteroatoms. The van der Waals surface area contributed by atoms with E-state index in [9.17, 15) is 4.79 Å². The van der Waals surface area contributed by atoms with Gasteiger partial charge < -0.3 is 16.0 Å². The number of anilines is 2. The summed E-state index contributed by atoms with van der Waals surface area (Å²) in [6.07, 6.45) is 2.68. The van der Waals surface area contributed by atoms with Gasteiger partial charge in [0.2, 0.25) is 5.91 Å². The molecule has 1 aromatic heterocycles. The Hall–Kier alpha value is -2.24. The Bertz CT molecular complexity index is 577. The zero-order valence-corrected chi connectivity index (χ0v) is 11.2. The van der Waals surface area contributed by atoms with E-state index in [2.05, 4.69) is 22.4 Å². The van der Waals surface area contributed by atoms with Crippen LogP contribution in [0.5, 0.6) is 0 Å². The molecule has 102 valence electrons. The molecular weight excluding hydrogens is 242 g/mol. The summed E-state index contributed by atoms with van der Waals surface area (Å²) in [5.74, 6) is -0.0300. The molecule has 0 aliphatic heterocycles. The number of aromatic nitrogens is 2. The lowest BCUT2D eigenvalue weighted by Crippen LogP contribution is -2.36. The summed E-state index contributed by atoms with van der Waals surface area (Å²) in [6, 6.07) is 3.82. The summed E-state index contributed by atoms with van der Waals surface area (Å²) >= 11 is 0. The molecular formula is C13H19N5O. The number of nitrogens with one attached hydrogen (secondary N) is 2. The maximum Gasteiger partial charge on any atom is 0.239 e. The van der Waals surface area contributed by atoms with Crippen molar-refractivity contribution < 1.29 is 4.79 Å². The number of benzene rings is 1. The van der Waals surface area contributed by atoms with E-state index < -0.39 is 0 Å². The number of nitrogens with zero attached hydrogens (tertiary/aromatic N) is 2. The first-order chi connectivity index (χ1) is 9.15. The molecule has 19 heavy (non-hydrogen) atoms. The monoisotopic (exact) mass is 261 g/mol. The van der Waals surface area contributed by atoms with Crippen LogP contribution in [0.2, 0.25) is 0 Å². The van der Waals surface area contributed by atoms with Gasteiger partial charge >= 0.3 is 0 Å². The predicted octanol–water partition coefficient (Wildman–Crippen LogP) is 1.11. The quantitative estimate of drug-likeness (QED) is 0.704. The minimum atomic E-state index is -0.0300. The topological polar surface area (TPSA) is 87.0 Å². The van der Waals surface area contributed by atoms with Gasteiger partial charge in [-0.05, 0) is 18.6 Å². The fraction of sp³-hybridized carbons (Fsp3) is 0.385. The molecule has 1 aromatic carbocycles. The largest absolute Gasteiger partial charge is 0.397 e. The van der Waals surface area contributed by atoms with Gasteiger partial charge in [-0.1, -0.05) is 6.92 Å². The van der Waals surface area contributed by atoms with Crippen LogP contribution in [-0.2, 0) is 4.79 Å². The summed E-state index contributed by atoms with van der Waals surface area (Å²) in [6.45, 7) is 3.15. The highest BCUT2D eigenvalue weighted by molar-refractivity contribution is 5.90. The van der Waals surface area contributed by atoms with E-state index in [0.29, 0.717) is 12.2 Å². The molecule has 6 nitrogen and oxygen atoms in total. The molecule has 2 aromatic rings. The number of carbonyl (C=O) groups excluding carboxylic acids is 1. The summed E-state index contributed by atoms with van der Waals surface area (Å²) < 4.78 is 0. The lowest BCUT2D eigenvalue weighted by atomic mass is 10.2. The number of carbonyl (C=O) groups is 1. The first kappa shape index (κ1) is 13.2. The van der Waals surface area contributed by atoms with Crippen LogP contribution in [0.1, 0.15) is 13.3 Å². The molecule has 0 unspecified atom stereocenters. The highest BCUT2D eigenvalue weighted by atomic mass is 16.1. The van der Waals surface area contributed by atoms with Gasteiger partial charge in [-0.3, -0.25) is 9.89 Å². The van der Waals surface area contributed by atoms with Crippen molar-refractivity contribution in [1.82, 2.24) is 15.5 Å². The zero-order valence-electron chi connectivity index (χ0n) is 11.2. The second-order valence-corrected chi connectivity index (χ2v) is 4.46. The van der Waals surface area contributed by atoms with Crippen molar-refractivity contribution >= 4 is 28.2 Å². The van der Waals surface area contributed by atoms with Crippen LogP contribution >= 0.6 is 0 Å². The number of H-pyrrole nitrogens is 1. The normalized spacial score (nSPS) is 10.6. The lowest BCUT2D eigenvalue weighted by Gasteiger charge is -2.24. The van der Waals surface area contributed by atoms with Crippen LogP contribution in [0.15, 0.2) is 18.3 Å². The van der Waals surface area contributed by atoms with Crippen molar-refractivity contribution in [3.05, 3.63) is 18.3 Å². The van der Waals surface area contributed by atoms with E-state index in [-0.39, 0.29) is 5.91 Å². The van der Waals surface area contributed by atoms with Crippen LogP contribution in [0.25, 0.3) is 10.9 Å². The van der Waals surface area contributed by atoms with Gasteiger partial charge in [0.1, 0.15) is 0 Å². The Balaban J connectivity index is 2.36. The highest BCUT2D eigenvalue weighted by Gasteiger charge is 2.14. The molecule has 0 saturated heterocycles. The molecule has 0 bridgehead atoms. The van der Waals surface area contributed by atoms with Crippen LogP contribution in [-0.4, -0.2) is 36.2 Å². The summed E-state index contributed by atoms with van der Waals surface area (Å²) in [5.41, 5.74) is 8.52. The van der Waals surface area contributed by atoms with E-state index in [1.165, 1.54) is 0 Å². The third-order valence-electron chi connectivity index (χ3n) is 3.03. The van der Waals surface area contributed by atoms with Gasteiger partial charge in [-0.15, -0.1) is 0 Å². The lowest BCUT2D eigenvalue weighted by molar-refractivity contribution is -0.119. The van der Waals surface area contributed by atoms with E-state index in [1.54, 1.807) is 13.2 Å². The van der Waals surface area contributed by atoms with Gasteiger partial charge in [-0.2, -0.15) is 5.10 Å². The van der Waals surface area contributed by atoms with Crippen molar-refractivity contribution in [3.8, 4) is 0 Å². The third kappa shape index (κ3) is 2.78. The van der Waals surface area contributed by atoms with Gasteiger partial charge in [0.05, 0.1) is 29.6 Å². The van der Waals surface area contributed by atoms with Crippen molar-refractivity contribution in [2.45, 2.75) is 13.3 Å². The summed E-state index contributed by atoms with van der Waals surface area (Å²) in [7, 11) is 1.63. The van der Waals surface area contributed by atoms with E-state index in [4.69, 9.17) is 5.73 Å². The second-order valence-electron chi connectivity index (χ2n) is 4.46. The minimum absolute atomic E-state index is 0.0300. The Morgan fingerprint density at radius 3 is 3.00 bits per heavy atom. The van der Waals surface area contributed by atoms with Crippen molar-refractivity contribution in [1.29, 1.82) is 0 Å². The van der Waals surface area contributed by atoms with Gasteiger partial charge in [0, 0.05) is 19.0 Å². The molecule has 1 heterocycles. The Labute approximate surface area is 112 Å². The Morgan fingerprint density at radius 1 is 1.53 bits per heavy atom. The number of nitrogens with two attached hydrogens (primary N) is 1. The van der Waals surface area contributed by atoms with Crippen molar-refractivity contribution in [2.75, 3.05) is 30.8 Å². The molecule has 0 aliphatic rings. The van der Waals surface area contributed by atoms with Crippen LogP contribution in [0.4, 0.5) is 11.4 Å². The van der Waals surface area contributed by atoms with Crippen molar-refractivity contribution in [3.63, 3.8) is 0 Å². The van der Waals surface area contributed by atoms with E-state index in [1.807, 2.05) is 17.0 Å². The van der Waals surface area contributed by atoms with E-state index >= 15 is 0 Å². The standard InChI is InChI=1S/C13H19N5O/c1-3-4-18(8-13(19)15-2)12-6-11-9(5-10(12)14)7-16-17-11/h5-7H,3-4,8,14H2,1-2H3,(H,15,19)(H,16,17). The number of nitrogen functional groups attached to an aromatic ring is 1. The van der Waals surface area contributed by atoms with Gasteiger partial charge in [0.25, 0.3) is 0 Å². The van der Waals surface area contributed by atoms with Crippen LogP contribution < -0.4 is 16.0 Å². The van der Waals surface area contributed by atoms with Gasteiger partial charge in [0.15, 0.2) is 0 Å². The number of likely N-dealkylation sites (N-methyl/N-ethyl adjacent to an activating group) is 1. The maximum atomic E-state index is 11.6. The minimum Gasteiger partial charge on any atom is -0.397 e. The summed E-state index contributed by atoms with van der Waals surface area (Å²) in [4.78, 5) is 13.6. The number of rotatable bonds is 5. The number of aromatic amines is 1. The Kier molecular flexibility index (Phi) is 3.89. The molecule has 4 N–H and O–H groups in total. The fourth-order valence-corrected chi connectivity index (χ4v) is 2.08. The van der Waals surface area contributed by atoms with Crippen molar-refractivity contribution in [2.24, 2.45) is 0 Å². The predicted molar refractivity (Wildman–Crippen MR) is 77.1 cm³/mol. The number of fused-ring (bicyclic) bond motifs is 1. The molecule has 0 atom stereocenters. The number of hydrogen-bond donors (Lipinski definition) is 3. The average Bonchev–Trinajstić information content (AvgIpc) is 2.84. The molecule has 0 radical (unpaired) electrons. The zero-order chi connectivity index (χ0) is 13.8. The van der Waals surface area contributed by atoms with E-state index in [0.717, 1.165) is 29.6 Å². The maximum absolute atomic E-state index is 11.6. The Morgan fingerprint density at radius 2 is 2.32 bits per heavy atom. The average molecular weight is 261 g/mol. The number of amides is 1. The third-order valence-corrected chi connectivity index (χ3v) is 3.03. The number of hydrogen-bond acceptors (Lipinski definition) is 4. The molecule has 0 fully saturated rings. The first-order valence-corrected chi connectivity index (χ1v) is 6.33.